The van der Waals surface area contributed by atoms with E-state index in [0.29, 0.717) is 0 Å². The summed E-state index contributed by atoms with van der Waals surface area (Å²) in [6.45, 7) is 7.46. The molecule has 0 heterocycles. The number of carboxylic acids is 1. The van der Waals surface area contributed by atoms with E-state index in [0.717, 1.165) is 0 Å². The summed E-state index contributed by atoms with van der Waals surface area (Å²) < 4.78 is 0. The Morgan fingerprint density at radius 1 is 1.00 bits per heavy atom. The van der Waals surface area contributed by atoms with E-state index in [2.05, 4.69) is 0 Å². The van der Waals surface area contributed by atoms with E-state index in [1.165, 1.54) is 13.8 Å². The minimum atomic E-state index is -1.41. The molecule has 0 aliphatic rings. The van der Waals surface area contributed by atoms with Crippen LogP contribution in [0.3, 0.4) is 0 Å². The maximum Gasteiger partial charge on any atom is 0.336 e. The molecular weight excluding hydrogens is 280 g/mol. The molecule has 1 N–H and O–H groups in total. The summed E-state index contributed by atoms with van der Waals surface area (Å²) in [5, 5.41) is 31.9. The molecule has 8 nitrogen and oxygen atoms in total. The third-order valence-corrected chi connectivity index (χ3v) is 3.26. The highest BCUT2D eigenvalue weighted by atomic mass is 16.6. The van der Waals surface area contributed by atoms with Crippen molar-refractivity contribution in [2.45, 2.75) is 40.0 Å². The Morgan fingerprint density at radius 2 is 1.43 bits per heavy atom. The molecule has 0 aromatic heterocycles. The third-order valence-electron chi connectivity index (χ3n) is 3.26. The van der Waals surface area contributed by atoms with Gasteiger partial charge in [0.25, 0.3) is 11.4 Å². The first kappa shape index (κ1) is 16.5. The Balaban J connectivity index is 4.17. The highest BCUT2D eigenvalue weighted by Gasteiger charge is 2.39. The zero-order chi connectivity index (χ0) is 16.7. The van der Waals surface area contributed by atoms with E-state index in [1.54, 1.807) is 20.8 Å². The van der Waals surface area contributed by atoms with Gasteiger partial charge >= 0.3 is 5.97 Å². The molecule has 1 aromatic rings. The molecule has 0 radical (unpaired) electrons. The van der Waals surface area contributed by atoms with Gasteiger partial charge in [-0.05, 0) is 19.3 Å². The summed E-state index contributed by atoms with van der Waals surface area (Å²) >= 11 is 0. The maximum atomic E-state index is 11.5. The molecule has 0 atom stereocenters. The Labute approximate surface area is 120 Å². The van der Waals surface area contributed by atoms with Crippen LogP contribution in [0.1, 0.15) is 47.8 Å². The molecule has 114 valence electrons. The van der Waals surface area contributed by atoms with E-state index in [4.69, 9.17) is 0 Å². The van der Waals surface area contributed by atoms with Crippen molar-refractivity contribution < 1.29 is 19.7 Å². The summed E-state index contributed by atoms with van der Waals surface area (Å²) in [5.41, 5.74) is -2.44. The number of hydrogen-bond acceptors (Lipinski definition) is 5. The summed E-state index contributed by atoms with van der Waals surface area (Å²) in [7, 11) is 0. The zero-order valence-electron chi connectivity index (χ0n) is 12.4. The highest BCUT2D eigenvalue weighted by Crippen LogP contribution is 2.43. The molecule has 21 heavy (non-hydrogen) atoms. The number of benzene rings is 1. The second-order valence-corrected chi connectivity index (χ2v) is 5.77. The second kappa shape index (κ2) is 5.12. The third kappa shape index (κ3) is 2.69. The first-order valence-corrected chi connectivity index (χ1v) is 6.11. The van der Waals surface area contributed by atoms with E-state index in [9.17, 15) is 30.1 Å². The lowest BCUT2D eigenvalue weighted by molar-refractivity contribution is -0.396. The predicted octanol–water partition coefficient (Wildman–Crippen LogP) is 3.12. The maximum absolute atomic E-state index is 11.5. The van der Waals surface area contributed by atoms with Crippen molar-refractivity contribution in [1.29, 1.82) is 0 Å². The van der Waals surface area contributed by atoms with Crippen molar-refractivity contribution in [2.75, 3.05) is 0 Å². The van der Waals surface area contributed by atoms with Crippen LogP contribution in [0.15, 0.2) is 0 Å². The Kier molecular flexibility index (Phi) is 4.03. The van der Waals surface area contributed by atoms with Crippen LogP contribution in [-0.4, -0.2) is 20.9 Å². The molecule has 0 bridgehead atoms. The van der Waals surface area contributed by atoms with Gasteiger partial charge in [-0.1, -0.05) is 20.8 Å². The van der Waals surface area contributed by atoms with Crippen molar-refractivity contribution in [3.8, 4) is 0 Å². The number of nitro benzene ring substituents is 2. The van der Waals surface area contributed by atoms with Crippen LogP contribution in [0.2, 0.25) is 0 Å². The van der Waals surface area contributed by atoms with E-state index >= 15 is 0 Å². The molecule has 0 fully saturated rings. The number of nitro groups is 2. The molecule has 0 amide bonds. The lowest BCUT2D eigenvalue weighted by Gasteiger charge is -2.23. The summed E-state index contributed by atoms with van der Waals surface area (Å²) in [4.78, 5) is 32.5. The molecule has 0 aliphatic carbocycles. The number of rotatable bonds is 3. The molecule has 0 saturated carbocycles. The van der Waals surface area contributed by atoms with Crippen LogP contribution >= 0.6 is 0 Å². The predicted molar refractivity (Wildman–Crippen MR) is 74.9 cm³/mol. The fraction of sp³-hybridized carbons (Fsp3) is 0.462. The van der Waals surface area contributed by atoms with Crippen LogP contribution in [-0.2, 0) is 5.41 Å². The summed E-state index contributed by atoms with van der Waals surface area (Å²) in [6.07, 6.45) is 0. The van der Waals surface area contributed by atoms with Crippen LogP contribution in [0, 0.1) is 34.1 Å². The Hall–Kier alpha value is -2.51. The van der Waals surface area contributed by atoms with Gasteiger partial charge in [0.05, 0.1) is 21.0 Å². The molecule has 1 aromatic carbocycles. The van der Waals surface area contributed by atoms with Gasteiger partial charge in [-0.2, -0.15) is 0 Å². The fourth-order valence-electron chi connectivity index (χ4n) is 2.50. The van der Waals surface area contributed by atoms with Crippen LogP contribution in [0.5, 0.6) is 0 Å². The minimum Gasteiger partial charge on any atom is -0.478 e. The fourth-order valence-corrected chi connectivity index (χ4v) is 2.50. The van der Waals surface area contributed by atoms with Gasteiger partial charge < -0.3 is 5.11 Å². The van der Waals surface area contributed by atoms with Gasteiger partial charge in [-0.25, -0.2) is 4.79 Å². The normalized spacial score (nSPS) is 11.3. The van der Waals surface area contributed by atoms with Gasteiger partial charge in [-0.3, -0.25) is 20.2 Å². The Bertz CT molecular complexity index is 617. The van der Waals surface area contributed by atoms with Gasteiger partial charge in [0, 0.05) is 5.56 Å². The largest absolute Gasteiger partial charge is 0.478 e. The molecule has 0 aliphatic heterocycles. The monoisotopic (exact) mass is 296 g/mol. The smallest absolute Gasteiger partial charge is 0.336 e. The van der Waals surface area contributed by atoms with Crippen LogP contribution in [0.4, 0.5) is 11.4 Å². The molecule has 1 rings (SSSR count). The van der Waals surface area contributed by atoms with Gasteiger partial charge in [0.2, 0.25) is 0 Å². The number of aromatic carboxylic acids is 1. The second-order valence-electron chi connectivity index (χ2n) is 5.77. The van der Waals surface area contributed by atoms with Crippen LogP contribution in [0.25, 0.3) is 0 Å². The minimum absolute atomic E-state index is 0.000556. The highest BCUT2D eigenvalue weighted by molar-refractivity contribution is 5.95. The van der Waals surface area contributed by atoms with E-state index in [1.807, 2.05) is 0 Å². The lowest BCUT2D eigenvalue weighted by Crippen LogP contribution is -2.22. The number of carbonyl (C=O) groups is 1. The van der Waals surface area contributed by atoms with Crippen molar-refractivity contribution >= 4 is 17.3 Å². The lowest BCUT2D eigenvalue weighted by atomic mass is 9.79. The number of carboxylic acid groups (broad SMARTS) is 1. The number of nitrogens with zero attached hydrogens (tertiary/aromatic N) is 2. The van der Waals surface area contributed by atoms with Crippen LogP contribution < -0.4 is 0 Å². The standard InChI is InChI=1S/C13H16N2O6/c1-6-8(12(16)17)9(13(3,4)5)11(15(20)21)7(2)10(6)14(18)19/h1-5H3,(H,16,17). The quantitative estimate of drug-likeness (QED) is 0.675. The molecule has 8 heteroatoms. The SMILES string of the molecule is Cc1c(C(=O)O)c(C(C)(C)C)c([N+](=O)[O-])c(C)c1[N+](=O)[O-]. The van der Waals surface area contributed by atoms with E-state index < -0.39 is 32.6 Å². The van der Waals surface area contributed by atoms with Gasteiger partial charge in [0.15, 0.2) is 0 Å². The van der Waals surface area contributed by atoms with E-state index in [-0.39, 0.29) is 22.3 Å². The van der Waals surface area contributed by atoms with Crippen molar-refractivity contribution in [1.82, 2.24) is 0 Å². The van der Waals surface area contributed by atoms with Crippen molar-refractivity contribution in [3.05, 3.63) is 42.5 Å². The number of hydrogen-bond donors (Lipinski definition) is 1. The Morgan fingerprint density at radius 3 is 1.71 bits per heavy atom. The average Bonchev–Trinajstić information content (AvgIpc) is 2.24. The molecule has 0 spiro atoms. The molecule has 0 saturated heterocycles. The van der Waals surface area contributed by atoms with Crippen molar-refractivity contribution in [2.24, 2.45) is 0 Å². The first-order valence-electron chi connectivity index (χ1n) is 6.11. The zero-order valence-corrected chi connectivity index (χ0v) is 12.4. The van der Waals surface area contributed by atoms with Crippen molar-refractivity contribution in [3.63, 3.8) is 0 Å². The molecule has 0 unspecified atom stereocenters. The topological polar surface area (TPSA) is 124 Å². The summed E-state index contributed by atoms with van der Waals surface area (Å²) in [5.74, 6) is -1.41. The summed E-state index contributed by atoms with van der Waals surface area (Å²) in [6, 6.07) is 0. The van der Waals surface area contributed by atoms with Gasteiger partial charge in [0.1, 0.15) is 5.56 Å². The molecular formula is C13H16N2O6. The van der Waals surface area contributed by atoms with Gasteiger partial charge in [-0.15, -0.1) is 0 Å². The first-order chi connectivity index (χ1) is 9.41. The average molecular weight is 296 g/mol.